The average Bonchev–Trinajstić information content (AvgIpc) is 3.16. The number of aromatic nitrogens is 3. The van der Waals surface area contributed by atoms with Gasteiger partial charge >= 0.3 is 6.18 Å². The van der Waals surface area contributed by atoms with Crippen LogP contribution in [0, 0.1) is 13.8 Å². The number of hydrogen-bond donors (Lipinski definition) is 0. The van der Waals surface area contributed by atoms with Crippen molar-refractivity contribution in [3.8, 4) is 0 Å². The summed E-state index contributed by atoms with van der Waals surface area (Å²) in [7, 11) is 0. The zero-order valence-electron chi connectivity index (χ0n) is 17.4. The molecule has 0 spiro atoms. The second-order valence-corrected chi connectivity index (χ2v) is 8.02. The van der Waals surface area contributed by atoms with Crippen molar-refractivity contribution < 1.29 is 18.0 Å². The lowest BCUT2D eigenvalue weighted by molar-refractivity contribution is -0.137. The van der Waals surface area contributed by atoms with Gasteiger partial charge in [0.25, 0.3) is 0 Å². The SMILES string of the molecule is Cc1ccc(/C=C/C(=O)N2CCCC(c3nnc4ccc(C(F)(F)F)cn34)C2)c(C)c1. The Labute approximate surface area is 178 Å². The molecule has 0 bridgehead atoms. The van der Waals surface area contributed by atoms with E-state index in [0.29, 0.717) is 24.6 Å². The summed E-state index contributed by atoms with van der Waals surface area (Å²) in [5, 5.41) is 8.15. The van der Waals surface area contributed by atoms with Crippen LogP contribution in [0.3, 0.4) is 0 Å². The third-order valence-electron chi connectivity index (χ3n) is 5.69. The van der Waals surface area contributed by atoms with Crippen molar-refractivity contribution in [2.75, 3.05) is 13.1 Å². The molecule has 0 saturated carbocycles. The van der Waals surface area contributed by atoms with Crippen LogP contribution >= 0.6 is 0 Å². The van der Waals surface area contributed by atoms with Crippen molar-refractivity contribution >= 4 is 17.6 Å². The Hall–Kier alpha value is -3.16. The van der Waals surface area contributed by atoms with E-state index < -0.39 is 11.7 Å². The quantitative estimate of drug-likeness (QED) is 0.564. The fourth-order valence-electron chi connectivity index (χ4n) is 4.02. The number of nitrogens with zero attached hydrogens (tertiary/aromatic N) is 4. The summed E-state index contributed by atoms with van der Waals surface area (Å²) in [5.41, 5.74) is 2.85. The van der Waals surface area contributed by atoms with Gasteiger partial charge in [-0.1, -0.05) is 23.8 Å². The molecule has 3 heterocycles. The van der Waals surface area contributed by atoms with Crippen molar-refractivity contribution in [2.24, 2.45) is 0 Å². The number of benzene rings is 1. The van der Waals surface area contributed by atoms with Crippen molar-refractivity contribution in [2.45, 2.75) is 38.8 Å². The summed E-state index contributed by atoms with van der Waals surface area (Å²) in [6, 6.07) is 8.36. The topological polar surface area (TPSA) is 50.5 Å². The smallest absolute Gasteiger partial charge is 0.338 e. The lowest BCUT2D eigenvalue weighted by Gasteiger charge is -2.31. The van der Waals surface area contributed by atoms with Crippen molar-refractivity contribution in [3.05, 3.63) is 70.7 Å². The van der Waals surface area contributed by atoms with Crippen LogP contribution in [-0.2, 0) is 11.0 Å². The molecule has 0 N–H and O–H groups in total. The third kappa shape index (κ3) is 4.47. The number of aryl methyl sites for hydroxylation is 2. The Balaban J connectivity index is 1.53. The standard InChI is InChI=1S/C23H23F3N4O/c1-15-5-6-17(16(2)12-15)7-10-21(31)29-11-3-4-18(13-29)22-28-27-20-9-8-19(14-30(20)22)23(24,25)26/h5-10,12,14,18H,3-4,11,13H2,1-2H3/b10-7+. The number of likely N-dealkylation sites (tertiary alicyclic amines) is 1. The van der Waals surface area contributed by atoms with Gasteiger partial charge in [0.05, 0.1) is 5.56 Å². The van der Waals surface area contributed by atoms with E-state index in [0.717, 1.165) is 41.8 Å². The second-order valence-electron chi connectivity index (χ2n) is 8.02. The Bertz CT molecular complexity index is 1150. The number of carbonyl (C=O) groups is 1. The number of hydrogen-bond acceptors (Lipinski definition) is 3. The van der Waals surface area contributed by atoms with E-state index >= 15 is 0 Å². The minimum absolute atomic E-state index is 0.116. The van der Waals surface area contributed by atoms with Crippen LogP contribution in [-0.4, -0.2) is 38.5 Å². The number of alkyl halides is 3. The molecule has 8 heteroatoms. The molecule has 1 atom stereocenters. The molecule has 3 aromatic rings. The Morgan fingerprint density at radius 2 is 1.97 bits per heavy atom. The fraction of sp³-hybridized carbons (Fsp3) is 0.348. The minimum atomic E-state index is -4.44. The van der Waals surface area contributed by atoms with Crippen molar-refractivity contribution in [3.63, 3.8) is 0 Å². The van der Waals surface area contributed by atoms with Crippen LogP contribution in [0.25, 0.3) is 11.7 Å². The van der Waals surface area contributed by atoms with Gasteiger partial charge in [0.2, 0.25) is 5.91 Å². The highest BCUT2D eigenvalue weighted by Crippen LogP contribution is 2.31. The van der Waals surface area contributed by atoms with Gasteiger partial charge in [0.15, 0.2) is 5.65 Å². The molecule has 1 amide bonds. The second kappa shape index (κ2) is 8.17. The molecule has 1 aliphatic rings. The summed E-state index contributed by atoms with van der Waals surface area (Å²) >= 11 is 0. The lowest BCUT2D eigenvalue weighted by atomic mass is 9.97. The number of pyridine rings is 1. The molecule has 31 heavy (non-hydrogen) atoms. The molecular formula is C23H23F3N4O. The van der Waals surface area contributed by atoms with Gasteiger partial charge in [0, 0.05) is 31.3 Å². The average molecular weight is 428 g/mol. The number of rotatable bonds is 3. The van der Waals surface area contributed by atoms with Gasteiger partial charge in [0.1, 0.15) is 5.82 Å². The van der Waals surface area contributed by atoms with E-state index in [-0.39, 0.29) is 11.8 Å². The summed E-state index contributed by atoms with van der Waals surface area (Å²) in [6.07, 6.45) is 1.45. The predicted molar refractivity (Wildman–Crippen MR) is 111 cm³/mol. The number of piperidine rings is 1. The van der Waals surface area contributed by atoms with E-state index in [1.165, 1.54) is 10.5 Å². The molecule has 1 aliphatic heterocycles. The Morgan fingerprint density at radius 3 is 2.71 bits per heavy atom. The highest BCUT2D eigenvalue weighted by atomic mass is 19.4. The zero-order chi connectivity index (χ0) is 22.2. The van der Waals surface area contributed by atoms with Crippen molar-refractivity contribution in [1.29, 1.82) is 0 Å². The van der Waals surface area contributed by atoms with E-state index in [1.54, 1.807) is 11.0 Å². The van der Waals surface area contributed by atoms with Crippen LogP contribution in [0.1, 0.15) is 46.8 Å². The number of halogens is 3. The molecule has 1 fully saturated rings. The van der Waals surface area contributed by atoms with E-state index in [9.17, 15) is 18.0 Å². The minimum Gasteiger partial charge on any atom is -0.338 e. The Kier molecular flexibility index (Phi) is 5.56. The normalized spacial score (nSPS) is 17.6. The third-order valence-corrected chi connectivity index (χ3v) is 5.69. The zero-order valence-corrected chi connectivity index (χ0v) is 17.4. The van der Waals surface area contributed by atoms with E-state index in [2.05, 4.69) is 16.3 Å². The van der Waals surface area contributed by atoms with Gasteiger partial charge < -0.3 is 4.90 Å². The maximum atomic E-state index is 13.1. The highest BCUT2D eigenvalue weighted by Gasteiger charge is 2.32. The van der Waals surface area contributed by atoms with E-state index in [1.807, 2.05) is 32.1 Å². The molecule has 1 unspecified atom stereocenters. The van der Waals surface area contributed by atoms with Crippen LogP contribution in [0.4, 0.5) is 13.2 Å². The first-order valence-corrected chi connectivity index (χ1v) is 10.2. The molecule has 5 nitrogen and oxygen atoms in total. The van der Waals surface area contributed by atoms with Crippen LogP contribution in [0.2, 0.25) is 0 Å². The molecule has 2 aromatic heterocycles. The molecule has 0 aliphatic carbocycles. The van der Waals surface area contributed by atoms with Gasteiger partial charge in [-0.25, -0.2) is 0 Å². The molecule has 4 rings (SSSR count). The number of amides is 1. The summed E-state index contributed by atoms with van der Waals surface area (Å²) in [5.74, 6) is 0.164. The highest BCUT2D eigenvalue weighted by molar-refractivity contribution is 5.92. The van der Waals surface area contributed by atoms with Crippen LogP contribution in [0.5, 0.6) is 0 Å². The lowest BCUT2D eigenvalue weighted by Crippen LogP contribution is -2.38. The first-order valence-electron chi connectivity index (χ1n) is 10.2. The molecular weight excluding hydrogens is 405 g/mol. The number of carbonyl (C=O) groups excluding carboxylic acids is 1. The van der Waals surface area contributed by atoms with Gasteiger partial charge in [-0.05, 0) is 56.0 Å². The number of fused-ring (bicyclic) bond motifs is 1. The van der Waals surface area contributed by atoms with Crippen LogP contribution in [0.15, 0.2) is 42.6 Å². The van der Waals surface area contributed by atoms with E-state index in [4.69, 9.17) is 0 Å². The Morgan fingerprint density at radius 1 is 1.16 bits per heavy atom. The first kappa shape index (κ1) is 21.1. The molecule has 1 aromatic carbocycles. The van der Waals surface area contributed by atoms with Gasteiger partial charge in [-0.3, -0.25) is 9.20 Å². The summed E-state index contributed by atoms with van der Waals surface area (Å²) < 4.78 is 40.8. The largest absolute Gasteiger partial charge is 0.417 e. The molecule has 162 valence electrons. The van der Waals surface area contributed by atoms with Gasteiger partial charge in [-0.15, -0.1) is 10.2 Å². The van der Waals surface area contributed by atoms with Crippen LogP contribution < -0.4 is 0 Å². The van der Waals surface area contributed by atoms with Gasteiger partial charge in [-0.2, -0.15) is 13.2 Å². The maximum Gasteiger partial charge on any atom is 0.417 e. The monoisotopic (exact) mass is 428 g/mol. The summed E-state index contributed by atoms with van der Waals surface area (Å²) in [4.78, 5) is 14.5. The predicted octanol–water partition coefficient (Wildman–Crippen LogP) is 4.78. The fourth-order valence-corrected chi connectivity index (χ4v) is 4.02. The maximum absolute atomic E-state index is 13.1. The molecule has 1 saturated heterocycles. The van der Waals surface area contributed by atoms with Crippen molar-refractivity contribution in [1.82, 2.24) is 19.5 Å². The molecule has 0 radical (unpaired) electrons. The summed E-state index contributed by atoms with van der Waals surface area (Å²) in [6.45, 7) is 5.02. The first-order chi connectivity index (χ1) is 14.7.